The number of rotatable bonds is 15. The van der Waals surface area contributed by atoms with E-state index in [1.54, 1.807) is 14.2 Å². The topological polar surface area (TPSA) is 30.9 Å². The Morgan fingerprint density at radius 2 is 1.06 bits per heavy atom. The minimum atomic E-state index is -2.80. The fraction of sp³-hybridized carbons (Fsp3) is 0.429. The first kappa shape index (κ1) is 35.2. The SMILES string of the molecule is COC(OC)[C@@H](C[C@H](O[Si](c1ccccc1)(c1ccccc1)C(C)(C)C)C1CCCCC1)N(Cc1ccccc1)Cc1ccccc1. The Morgan fingerprint density at radius 3 is 1.47 bits per heavy atom. The van der Waals surface area contributed by atoms with E-state index < -0.39 is 14.6 Å². The van der Waals surface area contributed by atoms with Gasteiger partial charge < -0.3 is 13.9 Å². The molecule has 0 spiro atoms. The first-order chi connectivity index (χ1) is 22.9. The Morgan fingerprint density at radius 1 is 0.638 bits per heavy atom. The van der Waals surface area contributed by atoms with Crippen LogP contribution in [0.1, 0.15) is 70.4 Å². The molecule has 1 aliphatic carbocycles. The normalized spacial score (nSPS) is 16.0. The third-order valence-electron chi connectivity index (χ3n) is 10.1. The van der Waals surface area contributed by atoms with Crippen LogP contribution >= 0.6 is 0 Å². The highest BCUT2D eigenvalue weighted by atomic mass is 28.4. The van der Waals surface area contributed by atoms with Gasteiger partial charge in [-0.3, -0.25) is 4.90 Å². The molecule has 0 aliphatic heterocycles. The Labute approximate surface area is 285 Å². The lowest BCUT2D eigenvalue weighted by molar-refractivity contribution is -0.158. The molecule has 0 aromatic heterocycles. The van der Waals surface area contributed by atoms with E-state index in [4.69, 9.17) is 13.9 Å². The molecule has 0 radical (unpaired) electrons. The lowest BCUT2D eigenvalue weighted by Crippen LogP contribution is -2.68. The Hall–Kier alpha value is -3.06. The quantitative estimate of drug-likeness (QED) is 0.0954. The monoisotopic (exact) mass is 649 g/mol. The van der Waals surface area contributed by atoms with Crippen molar-refractivity contribution in [3.05, 3.63) is 132 Å². The summed E-state index contributed by atoms with van der Waals surface area (Å²) in [6, 6.07) is 43.8. The molecule has 0 saturated heterocycles. The van der Waals surface area contributed by atoms with Gasteiger partial charge in [-0.1, -0.05) is 161 Å². The molecule has 2 atom stereocenters. The average molecular weight is 650 g/mol. The molecule has 250 valence electrons. The van der Waals surface area contributed by atoms with E-state index in [1.807, 2.05) is 0 Å². The summed E-state index contributed by atoms with van der Waals surface area (Å²) >= 11 is 0. The van der Waals surface area contributed by atoms with Crippen molar-refractivity contribution in [3.8, 4) is 0 Å². The summed E-state index contributed by atoms with van der Waals surface area (Å²) in [5.74, 6) is 0.470. The van der Waals surface area contributed by atoms with Crippen LogP contribution in [0.25, 0.3) is 0 Å². The molecule has 0 bridgehead atoms. The fourth-order valence-electron chi connectivity index (χ4n) is 7.77. The van der Waals surface area contributed by atoms with Crippen LogP contribution in [0.4, 0.5) is 0 Å². The number of benzene rings is 4. The molecule has 47 heavy (non-hydrogen) atoms. The van der Waals surface area contributed by atoms with Crippen molar-refractivity contribution in [1.29, 1.82) is 0 Å². The van der Waals surface area contributed by atoms with E-state index >= 15 is 0 Å². The van der Waals surface area contributed by atoms with Gasteiger partial charge in [0.2, 0.25) is 0 Å². The third kappa shape index (κ3) is 8.70. The summed E-state index contributed by atoms with van der Waals surface area (Å²) < 4.78 is 20.4. The summed E-state index contributed by atoms with van der Waals surface area (Å²) in [7, 11) is 0.760. The molecule has 5 heteroatoms. The molecule has 0 N–H and O–H groups in total. The molecule has 5 rings (SSSR count). The zero-order chi connectivity index (χ0) is 33.1. The van der Waals surface area contributed by atoms with Gasteiger partial charge in [-0.2, -0.15) is 0 Å². The second kappa shape index (κ2) is 16.9. The zero-order valence-electron chi connectivity index (χ0n) is 29.2. The first-order valence-corrected chi connectivity index (χ1v) is 19.4. The third-order valence-corrected chi connectivity index (χ3v) is 15.2. The smallest absolute Gasteiger partial charge is 0.261 e. The van der Waals surface area contributed by atoms with Crippen LogP contribution in [0.15, 0.2) is 121 Å². The van der Waals surface area contributed by atoms with E-state index in [2.05, 4.69) is 147 Å². The van der Waals surface area contributed by atoms with Crippen molar-refractivity contribution >= 4 is 18.7 Å². The number of ether oxygens (including phenoxy) is 2. The van der Waals surface area contributed by atoms with Gasteiger partial charge in [0.05, 0.1) is 12.1 Å². The van der Waals surface area contributed by atoms with Crippen LogP contribution < -0.4 is 10.4 Å². The van der Waals surface area contributed by atoms with Gasteiger partial charge in [-0.15, -0.1) is 0 Å². The molecular formula is C42H55NO3Si. The van der Waals surface area contributed by atoms with Crippen molar-refractivity contribution in [2.75, 3.05) is 14.2 Å². The van der Waals surface area contributed by atoms with Crippen molar-refractivity contribution in [2.24, 2.45) is 5.92 Å². The van der Waals surface area contributed by atoms with Gasteiger partial charge in [0.25, 0.3) is 8.32 Å². The van der Waals surface area contributed by atoms with Crippen molar-refractivity contribution in [3.63, 3.8) is 0 Å². The highest BCUT2D eigenvalue weighted by Gasteiger charge is 2.52. The van der Waals surface area contributed by atoms with E-state index in [0.29, 0.717) is 5.92 Å². The lowest BCUT2D eigenvalue weighted by atomic mass is 9.83. The van der Waals surface area contributed by atoms with Crippen LogP contribution in [0.3, 0.4) is 0 Å². The average Bonchev–Trinajstić information content (AvgIpc) is 3.11. The summed E-state index contributed by atoms with van der Waals surface area (Å²) in [5, 5.41) is 2.56. The largest absolute Gasteiger partial charge is 0.404 e. The van der Waals surface area contributed by atoms with Crippen LogP contribution in [-0.2, 0) is 27.0 Å². The molecule has 0 unspecified atom stereocenters. The van der Waals surface area contributed by atoms with Gasteiger partial charge in [-0.05, 0) is 51.7 Å². The highest BCUT2D eigenvalue weighted by Crippen LogP contribution is 2.41. The van der Waals surface area contributed by atoms with Crippen LogP contribution in [0.5, 0.6) is 0 Å². The van der Waals surface area contributed by atoms with Crippen LogP contribution in [-0.4, -0.2) is 45.9 Å². The second-order valence-electron chi connectivity index (χ2n) is 14.2. The zero-order valence-corrected chi connectivity index (χ0v) is 30.2. The fourth-order valence-corrected chi connectivity index (χ4v) is 12.5. The number of hydrogen-bond acceptors (Lipinski definition) is 4. The van der Waals surface area contributed by atoms with E-state index in [-0.39, 0.29) is 17.2 Å². The van der Waals surface area contributed by atoms with Crippen LogP contribution in [0, 0.1) is 5.92 Å². The predicted octanol–water partition coefficient (Wildman–Crippen LogP) is 8.59. The summed E-state index contributed by atoms with van der Waals surface area (Å²) in [4.78, 5) is 2.56. The maximum atomic E-state index is 8.04. The molecule has 0 amide bonds. The molecule has 1 aliphatic rings. The van der Waals surface area contributed by atoms with Crippen LogP contribution in [0.2, 0.25) is 5.04 Å². The van der Waals surface area contributed by atoms with E-state index in [9.17, 15) is 0 Å². The van der Waals surface area contributed by atoms with Gasteiger partial charge in [0.1, 0.15) is 0 Å². The van der Waals surface area contributed by atoms with Crippen molar-refractivity contribution in [1.82, 2.24) is 4.90 Å². The molecule has 0 heterocycles. The molecule has 1 saturated carbocycles. The maximum Gasteiger partial charge on any atom is 0.261 e. The minimum Gasteiger partial charge on any atom is -0.404 e. The second-order valence-corrected chi connectivity index (χ2v) is 18.5. The standard InChI is InChI=1S/C42H55NO3Si/c1-42(2,3)47(37-27-17-9-18-28-37,38-29-19-10-20-30-38)46-40(36-25-15-8-16-26-36)31-39(41(44-4)45-5)43(32-34-21-11-6-12-22-34)33-35-23-13-7-14-24-35/h6-7,9-14,17-24,27-30,36,39-41H,8,15-16,25-26,31-33H2,1-5H3/t39-,40+/m1/s1. The van der Waals surface area contributed by atoms with Gasteiger partial charge in [0, 0.05) is 27.3 Å². The Kier molecular flexibility index (Phi) is 12.6. The predicted molar refractivity (Wildman–Crippen MR) is 197 cm³/mol. The minimum absolute atomic E-state index is 0.0319. The maximum absolute atomic E-state index is 8.04. The van der Waals surface area contributed by atoms with Gasteiger partial charge in [-0.25, -0.2) is 0 Å². The highest BCUT2D eigenvalue weighted by molar-refractivity contribution is 6.99. The van der Waals surface area contributed by atoms with Gasteiger partial charge >= 0.3 is 0 Å². The molecule has 4 nitrogen and oxygen atoms in total. The molecule has 4 aromatic carbocycles. The summed E-state index contributed by atoms with van der Waals surface area (Å²) in [6.07, 6.45) is 6.65. The molecule has 4 aromatic rings. The van der Waals surface area contributed by atoms with E-state index in [1.165, 1.54) is 53.6 Å². The van der Waals surface area contributed by atoms with Gasteiger partial charge in [0.15, 0.2) is 6.29 Å². The lowest BCUT2D eigenvalue weighted by Gasteiger charge is -2.48. The Bertz CT molecular complexity index is 1350. The summed E-state index contributed by atoms with van der Waals surface area (Å²) in [5.41, 5.74) is 2.56. The van der Waals surface area contributed by atoms with Crippen molar-refractivity contribution in [2.45, 2.75) is 95.9 Å². The molecule has 1 fully saturated rings. The summed E-state index contributed by atoms with van der Waals surface area (Å²) in [6.45, 7) is 8.75. The van der Waals surface area contributed by atoms with E-state index in [0.717, 1.165) is 19.5 Å². The number of hydrogen-bond donors (Lipinski definition) is 0. The number of nitrogens with zero attached hydrogens (tertiary/aromatic N) is 1. The number of methoxy groups -OCH3 is 2. The first-order valence-electron chi connectivity index (χ1n) is 17.5. The Balaban J connectivity index is 1.62. The van der Waals surface area contributed by atoms with Crippen molar-refractivity contribution < 1.29 is 13.9 Å². The molecular weight excluding hydrogens is 595 g/mol.